The molecule has 0 N–H and O–H groups in total. The molecule has 3 nitrogen and oxygen atoms in total. The second kappa shape index (κ2) is 6.40. The monoisotopic (exact) mass is 303 g/mol. The molecule has 0 radical (unpaired) electrons. The van der Waals surface area contributed by atoms with Crippen LogP contribution in [0.15, 0.2) is 42.6 Å². The van der Waals surface area contributed by atoms with E-state index in [1.807, 2.05) is 25.1 Å². The number of nitrogens with zero attached hydrogens (tertiary/aromatic N) is 3. The van der Waals surface area contributed by atoms with E-state index in [-0.39, 0.29) is 11.6 Å². The molecule has 1 saturated heterocycles. The highest BCUT2D eigenvalue weighted by atomic mass is 19.1. The molecule has 0 amide bonds. The van der Waals surface area contributed by atoms with Crippen molar-refractivity contribution in [3.05, 3.63) is 59.8 Å². The third-order valence-electron chi connectivity index (χ3n) is 4.25. The zero-order chi connectivity index (χ0) is 15.5. The summed E-state index contributed by atoms with van der Waals surface area (Å²) in [7, 11) is 0. The SMILES string of the molecule is CC(c1c(F)cccc1F)N1CCN(c2ccccn2)CC1. The number of pyridine rings is 1. The van der Waals surface area contributed by atoms with Crippen LogP contribution in [0.5, 0.6) is 0 Å². The Hall–Kier alpha value is -2.01. The van der Waals surface area contributed by atoms with E-state index in [9.17, 15) is 8.78 Å². The largest absolute Gasteiger partial charge is 0.354 e. The van der Waals surface area contributed by atoms with Crippen molar-refractivity contribution in [3.63, 3.8) is 0 Å². The van der Waals surface area contributed by atoms with Crippen molar-refractivity contribution >= 4 is 5.82 Å². The fourth-order valence-corrected chi connectivity index (χ4v) is 2.97. The number of hydrogen-bond donors (Lipinski definition) is 0. The Morgan fingerprint density at radius 2 is 1.64 bits per heavy atom. The van der Waals surface area contributed by atoms with Gasteiger partial charge in [0.05, 0.1) is 0 Å². The van der Waals surface area contributed by atoms with Gasteiger partial charge in [0, 0.05) is 44.0 Å². The minimum absolute atomic E-state index is 0.161. The number of piperazine rings is 1. The fourth-order valence-electron chi connectivity index (χ4n) is 2.97. The molecule has 0 spiro atoms. The molecule has 0 bridgehead atoms. The van der Waals surface area contributed by atoms with Crippen LogP contribution in [0.3, 0.4) is 0 Å². The van der Waals surface area contributed by atoms with Crippen LogP contribution in [0.2, 0.25) is 0 Å². The van der Waals surface area contributed by atoms with Crippen LogP contribution in [-0.2, 0) is 0 Å². The van der Waals surface area contributed by atoms with Gasteiger partial charge >= 0.3 is 0 Å². The van der Waals surface area contributed by atoms with Crippen molar-refractivity contribution in [3.8, 4) is 0 Å². The summed E-state index contributed by atoms with van der Waals surface area (Å²) in [5.74, 6) is 0.00573. The van der Waals surface area contributed by atoms with Crippen molar-refractivity contribution in [2.24, 2.45) is 0 Å². The molecule has 0 saturated carbocycles. The Morgan fingerprint density at radius 3 is 2.23 bits per heavy atom. The predicted octanol–water partition coefficient (Wildman–Crippen LogP) is 3.24. The highest BCUT2D eigenvalue weighted by Crippen LogP contribution is 2.27. The number of hydrogen-bond acceptors (Lipinski definition) is 3. The van der Waals surface area contributed by atoms with Crippen LogP contribution in [0.4, 0.5) is 14.6 Å². The van der Waals surface area contributed by atoms with Gasteiger partial charge in [-0.25, -0.2) is 13.8 Å². The fraction of sp³-hybridized carbons (Fsp3) is 0.353. The summed E-state index contributed by atoms with van der Waals surface area (Å²) in [6.45, 7) is 4.98. The zero-order valence-corrected chi connectivity index (χ0v) is 12.5. The molecule has 1 aromatic carbocycles. The zero-order valence-electron chi connectivity index (χ0n) is 12.5. The lowest BCUT2D eigenvalue weighted by Crippen LogP contribution is -2.47. The van der Waals surface area contributed by atoms with Gasteiger partial charge < -0.3 is 4.90 Å². The lowest BCUT2D eigenvalue weighted by atomic mass is 10.0. The molecule has 116 valence electrons. The van der Waals surface area contributed by atoms with E-state index in [0.717, 1.165) is 32.0 Å². The number of benzene rings is 1. The second-order valence-electron chi connectivity index (χ2n) is 5.52. The molecule has 3 rings (SSSR count). The highest BCUT2D eigenvalue weighted by molar-refractivity contribution is 5.38. The molecular formula is C17H19F2N3. The quantitative estimate of drug-likeness (QED) is 0.868. The van der Waals surface area contributed by atoms with Crippen molar-refractivity contribution in [1.29, 1.82) is 0 Å². The third kappa shape index (κ3) is 2.95. The van der Waals surface area contributed by atoms with E-state index in [2.05, 4.69) is 14.8 Å². The Kier molecular flexibility index (Phi) is 4.34. The maximum Gasteiger partial charge on any atom is 0.130 e. The summed E-state index contributed by atoms with van der Waals surface area (Å²) in [6.07, 6.45) is 1.78. The van der Waals surface area contributed by atoms with E-state index in [0.29, 0.717) is 0 Å². The first-order valence-electron chi connectivity index (χ1n) is 7.51. The summed E-state index contributed by atoms with van der Waals surface area (Å²) < 4.78 is 27.8. The lowest BCUT2D eigenvalue weighted by Gasteiger charge is -2.38. The molecule has 2 heterocycles. The molecule has 2 aromatic rings. The van der Waals surface area contributed by atoms with Gasteiger partial charge in [0.1, 0.15) is 17.5 Å². The summed E-state index contributed by atoms with van der Waals surface area (Å²) in [5.41, 5.74) is 0.161. The van der Waals surface area contributed by atoms with Crippen LogP contribution in [0, 0.1) is 11.6 Å². The van der Waals surface area contributed by atoms with E-state index in [4.69, 9.17) is 0 Å². The molecule has 1 aliphatic heterocycles. The molecule has 5 heteroatoms. The minimum atomic E-state index is -0.473. The van der Waals surface area contributed by atoms with Gasteiger partial charge in [0.25, 0.3) is 0 Å². The van der Waals surface area contributed by atoms with Crippen molar-refractivity contribution in [2.45, 2.75) is 13.0 Å². The van der Waals surface area contributed by atoms with Gasteiger partial charge in [-0.05, 0) is 31.2 Å². The van der Waals surface area contributed by atoms with Gasteiger partial charge in [-0.1, -0.05) is 12.1 Å². The topological polar surface area (TPSA) is 19.4 Å². The standard InChI is InChI=1S/C17H19F2N3/c1-13(17-14(18)5-4-6-15(17)19)21-9-11-22(12-10-21)16-7-2-3-8-20-16/h2-8,13H,9-12H2,1H3. The van der Waals surface area contributed by atoms with Crippen LogP contribution in [-0.4, -0.2) is 36.1 Å². The van der Waals surface area contributed by atoms with Crippen LogP contribution in [0.1, 0.15) is 18.5 Å². The Balaban J connectivity index is 1.69. The first kappa shape index (κ1) is 14.9. The van der Waals surface area contributed by atoms with Crippen molar-refractivity contribution in [1.82, 2.24) is 9.88 Å². The van der Waals surface area contributed by atoms with E-state index in [1.165, 1.54) is 18.2 Å². The molecular weight excluding hydrogens is 284 g/mol. The maximum absolute atomic E-state index is 13.9. The Morgan fingerprint density at radius 1 is 0.955 bits per heavy atom. The first-order chi connectivity index (χ1) is 10.7. The Bertz CT molecular complexity index is 605. The van der Waals surface area contributed by atoms with E-state index in [1.54, 1.807) is 6.20 Å². The van der Waals surface area contributed by atoms with Crippen molar-refractivity contribution < 1.29 is 8.78 Å². The van der Waals surface area contributed by atoms with Gasteiger partial charge in [-0.15, -0.1) is 0 Å². The predicted molar refractivity (Wildman–Crippen MR) is 82.8 cm³/mol. The average Bonchev–Trinajstić information content (AvgIpc) is 2.55. The minimum Gasteiger partial charge on any atom is -0.354 e. The smallest absolute Gasteiger partial charge is 0.130 e. The number of aromatic nitrogens is 1. The van der Waals surface area contributed by atoms with E-state index < -0.39 is 11.6 Å². The van der Waals surface area contributed by atoms with Crippen LogP contribution >= 0.6 is 0 Å². The van der Waals surface area contributed by atoms with Gasteiger partial charge in [0.15, 0.2) is 0 Å². The average molecular weight is 303 g/mol. The third-order valence-corrected chi connectivity index (χ3v) is 4.25. The second-order valence-corrected chi connectivity index (χ2v) is 5.52. The summed E-state index contributed by atoms with van der Waals surface area (Å²) in [4.78, 5) is 8.65. The summed E-state index contributed by atoms with van der Waals surface area (Å²) in [5, 5.41) is 0. The first-order valence-corrected chi connectivity index (χ1v) is 7.51. The molecule has 1 atom stereocenters. The molecule has 22 heavy (non-hydrogen) atoms. The summed E-state index contributed by atoms with van der Waals surface area (Å²) in [6, 6.07) is 9.61. The normalized spacial score (nSPS) is 17.5. The molecule has 1 unspecified atom stereocenters. The molecule has 0 aliphatic carbocycles. The van der Waals surface area contributed by atoms with E-state index >= 15 is 0 Å². The molecule has 1 aromatic heterocycles. The summed E-state index contributed by atoms with van der Waals surface area (Å²) >= 11 is 0. The Labute approximate surface area is 129 Å². The molecule has 1 fully saturated rings. The van der Waals surface area contributed by atoms with Gasteiger partial charge in [0.2, 0.25) is 0 Å². The van der Waals surface area contributed by atoms with Gasteiger partial charge in [-0.3, -0.25) is 4.90 Å². The number of anilines is 1. The maximum atomic E-state index is 13.9. The number of halogens is 2. The van der Waals surface area contributed by atoms with Gasteiger partial charge in [-0.2, -0.15) is 0 Å². The highest BCUT2D eigenvalue weighted by Gasteiger charge is 2.26. The molecule has 1 aliphatic rings. The van der Waals surface area contributed by atoms with Crippen LogP contribution in [0.25, 0.3) is 0 Å². The lowest BCUT2D eigenvalue weighted by molar-refractivity contribution is 0.191. The van der Waals surface area contributed by atoms with Crippen LogP contribution < -0.4 is 4.90 Å². The van der Waals surface area contributed by atoms with Crippen molar-refractivity contribution in [2.75, 3.05) is 31.1 Å². The number of rotatable bonds is 3.